The third-order valence-corrected chi connectivity index (χ3v) is 2.02. The van der Waals surface area contributed by atoms with E-state index in [1.807, 2.05) is 0 Å². The number of hydrogen-bond acceptors (Lipinski definition) is 3. The highest BCUT2D eigenvalue weighted by atomic mass is 19.4. The van der Waals surface area contributed by atoms with Crippen LogP contribution in [0.5, 0.6) is 0 Å². The van der Waals surface area contributed by atoms with E-state index in [1.54, 1.807) is 18.2 Å². The van der Waals surface area contributed by atoms with Crippen LogP contribution in [-0.2, 0) is 9.53 Å². The number of nitrogen functional groups attached to an aromatic ring is 1. The molecule has 0 aliphatic rings. The molecule has 0 saturated heterocycles. The number of halogens is 3. The Morgan fingerprint density at radius 3 is 2.72 bits per heavy atom. The Morgan fingerprint density at radius 1 is 1.50 bits per heavy atom. The summed E-state index contributed by atoms with van der Waals surface area (Å²) in [6.07, 6.45) is -5.65. The predicted octanol–water partition coefficient (Wildman–Crippen LogP) is 2.17. The molecule has 0 spiro atoms. The van der Waals surface area contributed by atoms with Gasteiger partial charge in [-0.05, 0) is 25.1 Å². The first-order chi connectivity index (χ1) is 8.28. The number of ether oxygens (including phenoxy) is 1. The van der Waals surface area contributed by atoms with Gasteiger partial charge >= 0.3 is 6.18 Å². The number of anilines is 2. The smallest absolute Gasteiger partial charge is 0.399 e. The minimum atomic E-state index is -4.45. The molecule has 1 unspecified atom stereocenters. The molecule has 0 aromatic heterocycles. The van der Waals surface area contributed by atoms with Crippen LogP contribution in [0.4, 0.5) is 24.5 Å². The number of alkyl halides is 3. The molecular formula is C11H13F3N2O2. The molecule has 3 N–H and O–H groups in total. The first-order valence-electron chi connectivity index (χ1n) is 5.13. The maximum absolute atomic E-state index is 11.9. The fourth-order valence-corrected chi connectivity index (χ4v) is 1.16. The summed E-state index contributed by atoms with van der Waals surface area (Å²) in [5.41, 5.74) is 6.34. The molecule has 0 bridgehead atoms. The summed E-state index contributed by atoms with van der Waals surface area (Å²) in [4.78, 5) is 11.5. The quantitative estimate of drug-likeness (QED) is 0.817. The highest BCUT2D eigenvalue weighted by Crippen LogP contribution is 2.16. The zero-order valence-corrected chi connectivity index (χ0v) is 9.62. The van der Waals surface area contributed by atoms with Crippen LogP contribution in [-0.4, -0.2) is 24.8 Å². The van der Waals surface area contributed by atoms with Gasteiger partial charge in [0.15, 0.2) is 0 Å². The van der Waals surface area contributed by atoms with Crippen molar-refractivity contribution in [3.63, 3.8) is 0 Å². The van der Waals surface area contributed by atoms with Crippen LogP contribution < -0.4 is 11.1 Å². The second kappa shape index (κ2) is 5.72. The van der Waals surface area contributed by atoms with Crippen molar-refractivity contribution in [1.82, 2.24) is 0 Å². The summed E-state index contributed by atoms with van der Waals surface area (Å²) in [6.45, 7) is -0.216. The molecule has 18 heavy (non-hydrogen) atoms. The van der Waals surface area contributed by atoms with Crippen LogP contribution in [0.25, 0.3) is 0 Å². The number of benzene rings is 1. The van der Waals surface area contributed by atoms with Crippen LogP contribution in [0.3, 0.4) is 0 Å². The minimum absolute atomic E-state index is 0.405. The predicted molar refractivity (Wildman–Crippen MR) is 61.0 cm³/mol. The molecule has 0 aliphatic heterocycles. The SMILES string of the molecule is CC(OCC(F)(F)F)C(=O)Nc1cccc(N)c1. The van der Waals surface area contributed by atoms with Crippen molar-refractivity contribution < 1.29 is 22.7 Å². The van der Waals surface area contributed by atoms with Crippen molar-refractivity contribution in [3.8, 4) is 0 Å². The molecule has 0 aliphatic carbocycles. The molecule has 100 valence electrons. The largest absolute Gasteiger partial charge is 0.411 e. The van der Waals surface area contributed by atoms with Crippen molar-refractivity contribution in [2.45, 2.75) is 19.2 Å². The van der Waals surface area contributed by atoms with Gasteiger partial charge in [0.05, 0.1) is 0 Å². The Bertz CT molecular complexity index is 421. The van der Waals surface area contributed by atoms with E-state index in [-0.39, 0.29) is 0 Å². The Morgan fingerprint density at radius 2 is 2.17 bits per heavy atom. The highest BCUT2D eigenvalue weighted by molar-refractivity contribution is 5.94. The average molecular weight is 262 g/mol. The Hall–Kier alpha value is -1.76. The van der Waals surface area contributed by atoms with Gasteiger partial charge in [0.1, 0.15) is 12.7 Å². The molecule has 0 saturated carbocycles. The zero-order valence-electron chi connectivity index (χ0n) is 9.62. The second-order valence-corrected chi connectivity index (χ2v) is 3.68. The zero-order chi connectivity index (χ0) is 13.8. The minimum Gasteiger partial charge on any atom is -0.399 e. The number of carbonyl (C=O) groups excluding carboxylic acids is 1. The first kappa shape index (κ1) is 14.3. The number of amides is 1. The molecule has 1 aromatic rings. The lowest BCUT2D eigenvalue weighted by molar-refractivity contribution is -0.184. The van der Waals surface area contributed by atoms with Crippen molar-refractivity contribution in [1.29, 1.82) is 0 Å². The maximum atomic E-state index is 11.9. The fourth-order valence-electron chi connectivity index (χ4n) is 1.16. The van der Waals surface area contributed by atoms with Crippen molar-refractivity contribution in [3.05, 3.63) is 24.3 Å². The second-order valence-electron chi connectivity index (χ2n) is 3.68. The van der Waals surface area contributed by atoms with E-state index in [2.05, 4.69) is 10.1 Å². The van der Waals surface area contributed by atoms with Gasteiger partial charge < -0.3 is 15.8 Å². The molecule has 1 aromatic carbocycles. The van der Waals surface area contributed by atoms with Gasteiger partial charge in [-0.3, -0.25) is 4.79 Å². The molecule has 1 atom stereocenters. The van der Waals surface area contributed by atoms with Gasteiger partial charge in [0.2, 0.25) is 0 Å². The van der Waals surface area contributed by atoms with E-state index < -0.39 is 24.8 Å². The van der Waals surface area contributed by atoms with Gasteiger partial charge in [-0.2, -0.15) is 13.2 Å². The Labute approximate surface area is 102 Å². The summed E-state index contributed by atoms with van der Waals surface area (Å²) < 4.78 is 40.1. The molecule has 0 heterocycles. The van der Waals surface area contributed by atoms with Gasteiger partial charge in [-0.15, -0.1) is 0 Å². The number of rotatable bonds is 4. The number of hydrogen-bond donors (Lipinski definition) is 2. The third-order valence-electron chi connectivity index (χ3n) is 2.02. The number of nitrogens with two attached hydrogens (primary N) is 1. The first-order valence-corrected chi connectivity index (χ1v) is 5.13. The van der Waals surface area contributed by atoms with Crippen LogP contribution in [0.1, 0.15) is 6.92 Å². The molecule has 1 amide bonds. The average Bonchev–Trinajstić information content (AvgIpc) is 2.24. The summed E-state index contributed by atoms with van der Waals surface area (Å²) in [6, 6.07) is 6.31. The van der Waals surface area contributed by atoms with Crippen molar-refractivity contribution in [2.75, 3.05) is 17.7 Å². The maximum Gasteiger partial charge on any atom is 0.411 e. The van der Waals surface area contributed by atoms with Crippen LogP contribution in [0.15, 0.2) is 24.3 Å². The molecule has 1 rings (SSSR count). The van der Waals surface area contributed by atoms with Gasteiger partial charge in [0, 0.05) is 11.4 Å². The van der Waals surface area contributed by atoms with Gasteiger partial charge in [-0.1, -0.05) is 6.07 Å². The standard InChI is InChI=1S/C11H13F3N2O2/c1-7(18-6-11(12,13)14)10(17)16-9-4-2-3-8(15)5-9/h2-5,7H,6,15H2,1H3,(H,16,17). The van der Waals surface area contributed by atoms with Gasteiger partial charge in [-0.25, -0.2) is 0 Å². The Kier molecular flexibility index (Phi) is 4.55. The highest BCUT2D eigenvalue weighted by Gasteiger charge is 2.29. The topological polar surface area (TPSA) is 64.3 Å². The molecule has 7 heteroatoms. The summed E-state index contributed by atoms with van der Waals surface area (Å²) in [5.74, 6) is -0.662. The van der Waals surface area contributed by atoms with Crippen molar-refractivity contribution >= 4 is 17.3 Å². The van der Waals surface area contributed by atoms with Gasteiger partial charge in [0.25, 0.3) is 5.91 Å². The fraction of sp³-hybridized carbons (Fsp3) is 0.364. The molecular weight excluding hydrogens is 249 g/mol. The monoisotopic (exact) mass is 262 g/mol. The summed E-state index contributed by atoms with van der Waals surface area (Å²) >= 11 is 0. The Balaban J connectivity index is 2.50. The molecule has 4 nitrogen and oxygen atoms in total. The lowest BCUT2D eigenvalue weighted by Crippen LogP contribution is -2.31. The van der Waals surface area contributed by atoms with Crippen molar-refractivity contribution in [2.24, 2.45) is 0 Å². The lowest BCUT2D eigenvalue weighted by atomic mass is 10.2. The van der Waals surface area contributed by atoms with Crippen LogP contribution >= 0.6 is 0 Å². The van der Waals surface area contributed by atoms with E-state index in [0.29, 0.717) is 11.4 Å². The van der Waals surface area contributed by atoms with E-state index in [9.17, 15) is 18.0 Å². The third kappa shape index (κ3) is 5.05. The van der Waals surface area contributed by atoms with E-state index in [0.717, 1.165) is 0 Å². The van der Waals surface area contributed by atoms with Crippen LogP contribution in [0.2, 0.25) is 0 Å². The van der Waals surface area contributed by atoms with E-state index in [4.69, 9.17) is 5.73 Å². The van der Waals surface area contributed by atoms with Crippen LogP contribution in [0, 0.1) is 0 Å². The summed E-state index contributed by atoms with van der Waals surface area (Å²) in [5, 5.41) is 2.41. The van der Waals surface area contributed by atoms with E-state index >= 15 is 0 Å². The number of nitrogens with one attached hydrogen (secondary N) is 1. The summed E-state index contributed by atoms with van der Waals surface area (Å²) in [7, 11) is 0. The normalized spacial score (nSPS) is 13.1. The molecule has 0 fully saturated rings. The lowest BCUT2D eigenvalue weighted by Gasteiger charge is -2.14. The molecule has 0 radical (unpaired) electrons. The van der Waals surface area contributed by atoms with E-state index in [1.165, 1.54) is 13.0 Å². The number of carbonyl (C=O) groups is 1.